The number of carbonyl (C=O) groups is 2. The molecule has 1 unspecified atom stereocenters. The Balaban J connectivity index is 1.99. The average molecular weight is 331 g/mol. The van der Waals surface area contributed by atoms with E-state index in [2.05, 4.69) is 10.6 Å². The van der Waals surface area contributed by atoms with Crippen LogP contribution in [0.1, 0.15) is 24.9 Å². The van der Waals surface area contributed by atoms with Crippen molar-refractivity contribution in [1.82, 2.24) is 15.5 Å². The summed E-state index contributed by atoms with van der Waals surface area (Å²) < 4.78 is 10.6. The number of carbonyl (C=O) groups excluding carboxylic acids is 2. The molecule has 1 aromatic rings. The highest BCUT2D eigenvalue weighted by molar-refractivity contribution is 6.01. The number of nitrogens with zero attached hydrogens (tertiary/aromatic N) is 1. The molecule has 7 nitrogen and oxygen atoms in total. The Hall–Kier alpha value is -2.70. The monoisotopic (exact) mass is 331 g/mol. The van der Waals surface area contributed by atoms with E-state index >= 15 is 0 Å². The first kappa shape index (κ1) is 16.2. The zero-order chi connectivity index (χ0) is 17.3. The average Bonchev–Trinajstić information content (AvgIpc) is 2.89. The molecule has 3 rings (SSSR count). The van der Waals surface area contributed by atoms with Crippen molar-refractivity contribution >= 4 is 11.9 Å². The van der Waals surface area contributed by atoms with E-state index in [-0.39, 0.29) is 11.9 Å². The number of hydrogen-bond acceptors (Lipinski definition) is 4. The number of hydrogen-bond donors (Lipinski definition) is 2. The van der Waals surface area contributed by atoms with Gasteiger partial charge in [0.15, 0.2) is 11.5 Å². The number of amides is 3. The highest BCUT2D eigenvalue weighted by Gasteiger charge is 2.40. The van der Waals surface area contributed by atoms with Crippen LogP contribution in [-0.4, -0.2) is 44.1 Å². The van der Waals surface area contributed by atoms with Gasteiger partial charge in [-0.2, -0.15) is 0 Å². The molecule has 0 fully saturated rings. The van der Waals surface area contributed by atoms with Crippen LogP contribution >= 0.6 is 0 Å². The van der Waals surface area contributed by atoms with Crippen molar-refractivity contribution in [3.8, 4) is 11.5 Å². The maximum atomic E-state index is 12.7. The first-order chi connectivity index (χ1) is 11.6. The van der Waals surface area contributed by atoms with Gasteiger partial charge >= 0.3 is 6.03 Å². The molecule has 2 aliphatic heterocycles. The molecule has 0 bridgehead atoms. The second-order valence-electron chi connectivity index (χ2n) is 5.76. The zero-order valence-electron chi connectivity index (χ0n) is 14.0. The van der Waals surface area contributed by atoms with Gasteiger partial charge in [-0.3, -0.25) is 4.79 Å². The summed E-state index contributed by atoms with van der Waals surface area (Å²) in [5, 5.41) is 5.59. The topological polar surface area (TPSA) is 79.9 Å². The molecule has 3 amide bonds. The van der Waals surface area contributed by atoms with Gasteiger partial charge in [0.1, 0.15) is 0 Å². The van der Waals surface area contributed by atoms with Crippen molar-refractivity contribution < 1.29 is 19.1 Å². The third-order valence-electron chi connectivity index (χ3n) is 4.25. The molecule has 0 aliphatic carbocycles. The van der Waals surface area contributed by atoms with Gasteiger partial charge in [0.2, 0.25) is 0 Å². The molecular weight excluding hydrogens is 310 g/mol. The van der Waals surface area contributed by atoms with E-state index in [1.54, 1.807) is 31.3 Å². The molecule has 128 valence electrons. The van der Waals surface area contributed by atoms with E-state index in [4.69, 9.17) is 9.47 Å². The standard InChI is InChI=1S/C17H21N3O4/c1-4-7-20-9-11-14(16(20)21)15(19-17(22)18-11)10-5-6-12(23-2)13(8-10)24-3/h5-6,8,15H,4,7,9H2,1-3H3,(H2,18,19,22). The molecule has 24 heavy (non-hydrogen) atoms. The molecule has 2 heterocycles. The fourth-order valence-corrected chi connectivity index (χ4v) is 3.16. The molecule has 0 radical (unpaired) electrons. The van der Waals surface area contributed by atoms with E-state index in [0.29, 0.717) is 35.9 Å². The van der Waals surface area contributed by atoms with Crippen molar-refractivity contribution in [2.45, 2.75) is 19.4 Å². The van der Waals surface area contributed by atoms with Crippen LogP contribution in [0, 0.1) is 0 Å². The van der Waals surface area contributed by atoms with E-state index < -0.39 is 6.04 Å². The Labute approximate surface area is 140 Å². The number of ether oxygens (including phenoxy) is 2. The minimum atomic E-state index is -0.497. The van der Waals surface area contributed by atoms with Crippen LogP contribution in [0.4, 0.5) is 4.79 Å². The third-order valence-corrected chi connectivity index (χ3v) is 4.25. The second-order valence-corrected chi connectivity index (χ2v) is 5.76. The smallest absolute Gasteiger partial charge is 0.319 e. The van der Waals surface area contributed by atoms with Crippen molar-refractivity contribution in [3.05, 3.63) is 35.0 Å². The first-order valence-electron chi connectivity index (χ1n) is 7.90. The largest absolute Gasteiger partial charge is 0.493 e. The van der Waals surface area contributed by atoms with Crippen LogP contribution in [0.25, 0.3) is 0 Å². The number of nitrogens with one attached hydrogen (secondary N) is 2. The number of benzene rings is 1. The van der Waals surface area contributed by atoms with Crippen LogP contribution < -0.4 is 20.1 Å². The number of urea groups is 1. The lowest BCUT2D eigenvalue weighted by molar-refractivity contribution is -0.125. The van der Waals surface area contributed by atoms with Crippen LogP contribution in [-0.2, 0) is 4.79 Å². The lowest BCUT2D eigenvalue weighted by Crippen LogP contribution is -2.44. The summed E-state index contributed by atoms with van der Waals surface area (Å²) in [6, 6.07) is 4.59. The Bertz CT molecular complexity index is 714. The summed E-state index contributed by atoms with van der Waals surface area (Å²) in [6.07, 6.45) is 0.870. The molecule has 1 atom stereocenters. The lowest BCUT2D eigenvalue weighted by atomic mass is 9.96. The Morgan fingerprint density at radius 3 is 2.62 bits per heavy atom. The highest BCUT2D eigenvalue weighted by Crippen LogP contribution is 2.36. The summed E-state index contributed by atoms with van der Waals surface area (Å²) in [7, 11) is 3.12. The molecule has 0 aromatic heterocycles. The van der Waals surface area contributed by atoms with Gasteiger partial charge in [0.05, 0.1) is 38.1 Å². The molecule has 0 spiro atoms. The van der Waals surface area contributed by atoms with Crippen LogP contribution in [0.15, 0.2) is 29.5 Å². The predicted molar refractivity (Wildman–Crippen MR) is 87.9 cm³/mol. The third kappa shape index (κ3) is 2.66. The van der Waals surface area contributed by atoms with Gasteiger partial charge in [0, 0.05) is 6.54 Å². The molecule has 0 saturated carbocycles. The molecule has 1 aromatic carbocycles. The van der Waals surface area contributed by atoms with Gasteiger partial charge in [0.25, 0.3) is 5.91 Å². The summed E-state index contributed by atoms with van der Waals surface area (Å²) in [5.74, 6) is 1.11. The highest BCUT2D eigenvalue weighted by atomic mass is 16.5. The molecule has 7 heteroatoms. The summed E-state index contributed by atoms with van der Waals surface area (Å²) in [5.41, 5.74) is 2.05. The van der Waals surface area contributed by atoms with Gasteiger partial charge in [-0.1, -0.05) is 13.0 Å². The number of methoxy groups -OCH3 is 2. The van der Waals surface area contributed by atoms with Crippen molar-refractivity contribution in [1.29, 1.82) is 0 Å². The molecular formula is C17H21N3O4. The maximum Gasteiger partial charge on any atom is 0.319 e. The van der Waals surface area contributed by atoms with Gasteiger partial charge in [-0.25, -0.2) is 4.79 Å². The number of rotatable bonds is 5. The van der Waals surface area contributed by atoms with Crippen LogP contribution in [0.3, 0.4) is 0 Å². The Kier molecular flexibility index (Phi) is 4.33. The normalized spacial score (nSPS) is 19.8. The minimum absolute atomic E-state index is 0.0425. The van der Waals surface area contributed by atoms with Gasteiger partial charge in [-0.15, -0.1) is 0 Å². The second kappa shape index (κ2) is 6.43. The summed E-state index contributed by atoms with van der Waals surface area (Å²) in [6.45, 7) is 3.13. The Morgan fingerprint density at radius 2 is 1.96 bits per heavy atom. The van der Waals surface area contributed by atoms with Crippen LogP contribution in [0.2, 0.25) is 0 Å². The summed E-state index contributed by atoms with van der Waals surface area (Å²) >= 11 is 0. The van der Waals surface area contributed by atoms with E-state index in [1.165, 1.54) is 0 Å². The van der Waals surface area contributed by atoms with E-state index in [9.17, 15) is 9.59 Å². The van der Waals surface area contributed by atoms with Crippen molar-refractivity contribution in [2.75, 3.05) is 27.3 Å². The lowest BCUT2D eigenvalue weighted by Gasteiger charge is -2.26. The van der Waals surface area contributed by atoms with E-state index in [1.807, 2.05) is 13.0 Å². The van der Waals surface area contributed by atoms with Gasteiger partial charge in [-0.05, 0) is 24.1 Å². The molecule has 0 saturated heterocycles. The zero-order valence-corrected chi connectivity index (χ0v) is 14.0. The Morgan fingerprint density at radius 1 is 1.21 bits per heavy atom. The van der Waals surface area contributed by atoms with Crippen molar-refractivity contribution in [2.24, 2.45) is 0 Å². The van der Waals surface area contributed by atoms with Crippen molar-refractivity contribution in [3.63, 3.8) is 0 Å². The quantitative estimate of drug-likeness (QED) is 0.858. The van der Waals surface area contributed by atoms with E-state index in [0.717, 1.165) is 12.0 Å². The fourth-order valence-electron chi connectivity index (χ4n) is 3.16. The first-order valence-corrected chi connectivity index (χ1v) is 7.90. The molecule has 2 aliphatic rings. The minimum Gasteiger partial charge on any atom is -0.493 e. The maximum absolute atomic E-state index is 12.7. The van der Waals surface area contributed by atoms with Gasteiger partial charge < -0.3 is 25.0 Å². The van der Waals surface area contributed by atoms with Crippen LogP contribution in [0.5, 0.6) is 11.5 Å². The molecule has 2 N–H and O–H groups in total. The SMILES string of the molecule is CCCN1CC2=C(C1=O)C(c1ccc(OC)c(OC)c1)NC(=O)N2. The predicted octanol–water partition coefficient (Wildman–Crippen LogP) is 1.56. The fraction of sp³-hybridized carbons (Fsp3) is 0.412. The summed E-state index contributed by atoms with van der Waals surface area (Å²) in [4.78, 5) is 26.5.